The van der Waals surface area contributed by atoms with Gasteiger partial charge >= 0.3 is 0 Å². The number of aryl methyl sites for hydroxylation is 1. The second-order valence-electron chi connectivity index (χ2n) is 5.36. The largest absolute Gasteiger partial charge is 0.370 e. The van der Waals surface area contributed by atoms with Crippen LogP contribution in [0.15, 0.2) is 6.33 Å². The molecule has 0 spiro atoms. The standard InChI is InChI=1S/C14H22N4/c1-2-6-13-12(5-1)14(18-10-17-13)16-9-7-11-4-3-8-15-11/h10-11,15H,1-9H2,(H,16,17,18)/t11-/m0/s1. The van der Waals surface area contributed by atoms with Crippen LogP contribution in [0.5, 0.6) is 0 Å². The summed E-state index contributed by atoms with van der Waals surface area (Å²) in [7, 11) is 0. The number of nitrogens with one attached hydrogen (secondary N) is 2. The zero-order valence-corrected chi connectivity index (χ0v) is 10.9. The van der Waals surface area contributed by atoms with Gasteiger partial charge in [-0.2, -0.15) is 0 Å². The summed E-state index contributed by atoms with van der Waals surface area (Å²) in [4.78, 5) is 8.82. The highest BCUT2D eigenvalue weighted by atomic mass is 15.0. The van der Waals surface area contributed by atoms with Crippen LogP contribution < -0.4 is 10.6 Å². The minimum absolute atomic E-state index is 0.704. The van der Waals surface area contributed by atoms with E-state index in [4.69, 9.17) is 0 Å². The number of aromatic nitrogens is 2. The van der Waals surface area contributed by atoms with Gasteiger partial charge in [0.15, 0.2) is 0 Å². The molecule has 4 heteroatoms. The second-order valence-corrected chi connectivity index (χ2v) is 5.36. The lowest BCUT2D eigenvalue weighted by Gasteiger charge is -2.18. The Kier molecular flexibility index (Phi) is 3.74. The third kappa shape index (κ3) is 2.64. The summed E-state index contributed by atoms with van der Waals surface area (Å²) < 4.78 is 0. The first-order valence-electron chi connectivity index (χ1n) is 7.23. The van der Waals surface area contributed by atoms with Gasteiger partial charge in [-0.05, 0) is 51.5 Å². The van der Waals surface area contributed by atoms with E-state index in [1.165, 1.54) is 49.9 Å². The first kappa shape index (κ1) is 11.9. The molecule has 18 heavy (non-hydrogen) atoms. The maximum absolute atomic E-state index is 4.41. The van der Waals surface area contributed by atoms with Crippen molar-refractivity contribution in [1.29, 1.82) is 0 Å². The average Bonchev–Trinajstić information content (AvgIpc) is 2.92. The van der Waals surface area contributed by atoms with Crippen LogP contribution in [-0.4, -0.2) is 29.1 Å². The molecule has 2 heterocycles. The lowest BCUT2D eigenvalue weighted by molar-refractivity contribution is 0.573. The summed E-state index contributed by atoms with van der Waals surface area (Å²) in [5, 5.41) is 7.04. The van der Waals surface area contributed by atoms with Crippen molar-refractivity contribution in [3.05, 3.63) is 17.6 Å². The molecule has 4 nitrogen and oxygen atoms in total. The number of anilines is 1. The van der Waals surface area contributed by atoms with Crippen LogP contribution in [0.1, 0.15) is 43.4 Å². The zero-order chi connectivity index (χ0) is 12.2. The molecule has 2 aliphatic rings. The predicted molar refractivity (Wildman–Crippen MR) is 72.8 cm³/mol. The van der Waals surface area contributed by atoms with Crippen molar-refractivity contribution >= 4 is 5.82 Å². The van der Waals surface area contributed by atoms with Gasteiger partial charge in [-0.3, -0.25) is 0 Å². The smallest absolute Gasteiger partial charge is 0.132 e. The summed E-state index contributed by atoms with van der Waals surface area (Å²) in [5.74, 6) is 1.08. The van der Waals surface area contributed by atoms with E-state index in [-0.39, 0.29) is 0 Å². The SMILES string of the molecule is c1nc2c(c(NCC[C@@H]3CCCN3)n1)CCCC2. The third-order valence-electron chi connectivity index (χ3n) is 4.07. The molecule has 0 unspecified atom stereocenters. The Morgan fingerprint density at radius 2 is 2.17 bits per heavy atom. The van der Waals surface area contributed by atoms with E-state index < -0.39 is 0 Å². The minimum atomic E-state index is 0.704. The van der Waals surface area contributed by atoms with E-state index in [0.29, 0.717) is 6.04 Å². The first-order chi connectivity index (χ1) is 8.93. The van der Waals surface area contributed by atoms with E-state index in [0.717, 1.165) is 25.2 Å². The van der Waals surface area contributed by atoms with Gasteiger partial charge in [0.1, 0.15) is 12.1 Å². The molecule has 1 saturated heterocycles. The highest BCUT2D eigenvalue weighted by Gasteiger charge is 2.16. The van der Waals surface area contributed by atoms with Gasteiger partial charge < -0.3 is 10.6 Å². The summed E-state index contributed by atoms with van der Waals surface area (Å²) in [6.07, 6.45) is 10.4. The van der Waals surface area contributed by atoms with E-state index in [1.54, 1.807) is 6.33 Å². The Labute approximate surface area is 109 Å². The van der Waals surface area contributed by atoms with E-state index in [2.05, 4.69) is 20.6 Å². The van der Waals surface area contributed by atoms with Gasteiger partial charge in [0.25, 0.3) is 0 Å². The molecule has 0 bridgehead atoms. The molecule has 1 aliphatic heterocycles. The molecule has 1 aromatic rings. The Balaban J connectivity index is 1.58. The molecule has 0 saturated carbocycles. The highest BCUT2D eigenvalue weighted by molar-refractivity contribution is 5.46. The third-order valence-corrected chi connectivity index (χ3v) is 4.07. The Bertz CT molecular complexity index is 399. The lowest BCUT2D eigenvalue weighted by Crippen LogP contribution is -2.24. The lowest BCUT2D eigenvalue weighted by atomic mass is 9.96. The van der Waals surface area contributed by atoms with Crippen LogP contribution >= 0.6 is 0 Å². The van der Waals surface area contributed by atoms with Crippen LogP contribution in [0.25, 0.3) is 0 Å². The number of hydrogen-bond acceptors (Lipinski definition) is 4. The Morgan fingerprint density at radius 3 is 3.06 bits per heavy atom. The van der Waals surface area contributed by atoms with E-state index >= 15 is 0 Å². The van der Waals surface area contributed by atoms with Gasteiger partial charge in [-0.15, -0.1) is 0 Å². The van der Waals surface area contributed by atoms with Crippen molar-refractivity contribution in [1.82, 2.24) is 15.3 Å². The van der Waals surface area contributed by atoms with Crippen LogP contribution in [-0.2, 0) is 12.8 Å². The van der Waals surface area contributed by atoms with Crippen LogP contribution in [0.3, 0.4) is 0 Å². The molecule has 0 radical (unpaired) electrons. The fourth-order valence-electron chi connectivity index (χ4n) is 3.04. The number of fused-ring (bicyclic) bond motifs is 1. The Morgan fingerprint density at radius 1 is 1.22 bits per heavy atom. The van der Waals surface area contributed by atoms with Crippen molar-refractivity contribution in [3.63, 3.8) is 0 Å². The molecule has 0 aromatic carbocycles. The summed E-state index contributed by atoms with van der Waals surface area (Å²) in [5.41, 5.74) is 2.63. The summed E-state index contributed by atoms with van der Waals surface area (Å²) >= 11 is 0. The maximum atomic E-state index is 4.41. The van der Waals surface area contributed by atoms with Gasteiger partial charge in [-0.1, -0.05) is 0 Å². The predicted octanol–water partition coefficient (Wildman–Crippen LogP) is 1.91. The molecule has 0 amide bonds. The molecule has 3 rings (SSSR count). The van der Waals surface area contributed by atoms with Crippen molar-refractivity contribution in [2.75, 3.05) is 18.4 Å². The monoisotopic (exact) mass is 246 g/mol. The van der Waals surface area contributed by atoms with Gasteiger partial charge in [0, 0.05) is 23.8 Å². The fourth-order valence-corrected chi connectivity index (χ4v) is 3.04. The number of rotatable bonds is 4. The molecule has 1 aromatic heterocycles. The van der Waals surface area contributed by atoms with Gasteiger partial charge in [-0.25, -0.2) is 9.97 Å². The quantitative estimate of drug-likeness (QED) is 0.852. The molecule has 1 atom stereocenters. The fraction of sp³-hybridized carbons (Fsp3) is 0.714. The zero-order valence-electron chi connectivity index (χ0n) is 10.9. The van der Waals surface area contributed by atoms with Crippen molar-refractivity contribution in [2.24, 2.45) is 0 Å². The van der Waals surface area contributed by atoms with Crippen LogP contribution in [0.2, 0.25) is 0 Å². The number of nitrogens with zero attached hydrogens (tertiary/aromatic N) is 2. The summed E-state index contributed by atoms with van der Waals surface area (Å²) in [6, 6.07) is 0.704. The van der Waals surface area contributed by atoms with E-state index in [1.807, 2.05) is 0 Å². The second kappa shape index (κ2) is 5.65. The molecule has 1 fully saturated rings. The van der Waals surface area contributed by atoms with E-state index in [9.17, 15) is 0 Å². The first-order valence-corrected chi connectivity index (χ1v) is 7.23. The van der Waals surface area contributed by atoms with Crippen molar-refractivity contribution in [3.8, 4) is 0 Å². The average molecular weight is 246 g/mol. The topological polar surface area (TPSA) is 49.8 Å². The molecular formula is C14H22N4. The summed E-state index contributed by atoms with van der Waals surface area (Å²) in [6.45, 7) is 2.20. The van der Waals surface area contributed by atoms with Crippen molar-refractivity contribution < 1.29 is 0 Å². The molecule has 98 valence electrons. The molecule has 2 N–H and O–H groups in total. The van der Waals surface area contributed by atoms with Crippen LogP contribution in [0.4, 0.5) is 5.82 Å². The maximum Gasteiger partial charge on any atom is 0.132 e. The normalized spacial score (nSPS) is 22.8. The number of hydrogen-bond donors (Lipinski definition) is 2. The molecular weight excluding hydrogens is 224 g/mol. The van der Waals surface area contributed by atoms with Crippen molar-refractivity contribution in [2.45, 2.75) is 51.0 Å². The van der Waals surface area contributed by atoms with Gasteiger partial charge in [0.2, 0.25) is 0 Å². The minimum Gasteiger partial charge on any atom is -0.370 e. The Hall–Kier alpha value is -1.16. The van der Waals surface area contributed by atoms with Gasteiger partial charge in [0.05, 0.1) is 0 Å². The highest BCUT2D eigenvalue weighted by Crippen LogP contribution is 2.24. The molecule has 1 aliphatic carbocycles. The van der Waals surface area contributed by atoms with Crippen LogP contribution in [0, 0.1) is 0 Å².